The summed E-state index contributed by atoms with van der Waals surface area (Å²) in [6.45, 7) is 6.57. The van der Waals surface area contributed by atoms with Gasteiger partial charge in [0.15, 0.2) is 12.3 Å². The van der Waals surface area contributed by atoms with E-state index in [2.05, 4.69) is 15.1 Å². The van der Waals surface area contributed by atoms with Crippen LogP contribution >= 0.6 is 0 Å². The monoisotopic (exact) mass is 474 g/mol. The van der Waals surface area contributed by atoms with Crippen molar-refractivity contribution in [2.45, 2.75) is 27.7 Å². The number of aromatic amines is 1. The van der Waals surface area contributed by atoms with Gasteiger partial charge in [0.2, 0.25) is 5.78 Å². The first kappa shape index (κ1) is 23.9. The van der Waals surface area contributed by atoms with E-state index in [1.807, 2.05) is 30.3 Å². The third kappa shape index (κ3) is 4.44. The predicted octanol–water partition coefficient (Wildman–Crippen LogP) is 4.11. The predicted molar refractivity (Wildman–Crippen MR) is 130 cm³/mol. The molecule has 0 bridgehead atoms. The van der Waals surface area contributed by atoms with E-state index in [0.29, 0.717) is 39.2 Å². The van der Waals surface area contributed by atoms with Crippen molar-refractivity contribution in [1.82, 2.24) is 19.7 Å². The Morgan fingerprint density at radius 1 is 1.03 bits per heavy atom. The van der Waals surface area contributed by atoms with Gasteiger partial charge in [-0.25, -0.2) is 14.6 Å². The van der Waals surface area contributed by atoms with Crippen molar-refractivity contribution < 1.29 is 23.9 Å². The number of nitrogens with zero attached hydrogens (tertiary/aromatic N) is 3. The van der Waals surface area contributed by atoms with Gasteiger partial charge in [0.05, 0.1) is 28.9 Å². The third-order valence-electron chi connectivity index (χ3n) is 5.79. The standard InChI is InChI=1S/C26H26N4O5/c1-6-34-26(33)23-14(2)21(15(3)27-23)20(31)13-35-25(32)18-12-19(17-10-8-7-9-11-17)28-24-22(18)16(4)29-30(24)5/h7-12,27H,6,13H2,1-5H3. The molecule has 3 heterocycles. The highest BCUT2D eigenvalue weighted by atomic mass is 16.5. The van der Waals surface area contributed by atoms with Gasteiger partial charge < -0.3 is 14.5 Å². The minimum atomic E-state index is -0.657. The van der Waals surface area contributed by atoms with E-state index in [9.17, 15) is 14.4 Å². The van der Waals surface area contributed by atoms with Crippen molar-refractivity contribution >= 4 is 28.8 Å². The van der Waals surface area contributed by atoms with Crippen LogP contribution in [-0.4, -0.2) is 50.7 Å². The zero-order valence-corrected chi connectivity index (χ0v) is 20.3. The molecule has 0 aliphatic rings. The number of nitrogens with one attached hydrogen (secondary N) is 1. The summed E-state index contributed by atoms with van der Waals surface area (Å²) in [6.07, 6.45) is 0. The lowest BCUT2D eigenvalue weighted by atomic mass is 10.1. The Bertz CT molecular complexity index is 1450. The molecule has 9 heteroatoms. The van der Waals surface area contributed by atoms with Gasteiger partial charge in [-0.3, -0.25) is 9.48 Å². The average Bonchev–Trinajstić information content (AvgIpc) is 3.31. The fourth-order valence-corrected chi connectivity index (χ4v) is 4.22. The number of hydrogen-bond acceptors (Lipinski definition) is 7. The molecule has 0 amide bonds. The van der Waals surface area contributed by atoms with Gasteiger partial charge in [0.25, 0.3) is 0 Å². The van der Waals surface area contributed by atoms with Gasteiger partial charge >= 0.3 is 11.9 Å². The van der Waals surface area contributed by atoms with E-state index in [1.165, 1.54) is 0 Å². The Hall–Kier alpha value is -4.27. The first-order valence-electron chi connectivity index (χ1n) is 11.2. The number of ether oxygens (including phenoxy) is 2. The number of ketones is 1. The average molecular weight is 475 g/mol. The summed E-state index contributed by atoms with van der Waals surface area (Å²) in [5, 5.41) is 4.97. The zero-order chi connectivity index (χ0) is 25.3. The highest BCUT2D eigenvalue weighted by molar-refractivity contribution is 6.07. The first-order chi connectivity index (χ1) is 16.7. The normalized spacial score (nSPS) is 11.0. The molecule has 35 heavy (non-hydrogen) atoms. The molecule has 0 saturated carbocycles. The molecule has 1 aromatic carbocycles. The van der Waals surface area contributed by atoms with E-state index in [-0.39, 0.29) is 17.9 Å². The molecule has 0 spiro atoms. The Morgan fingerprint density at radius 2 is 1.74 bits per heavy atom. The van der Waals surface area contributed by atoms with Crippen LogP contribution in [0.5, 0.6) is 0 Å². The fraction of sp³-hybridized carbons (Fsp3) is 0.269. The second kappa shape index (κ2) is 9.54. The van der Waals surface area contributed by atoms with Gasteiger partial charge in [-0.2, -0.15) is 5.10 Å². The summed E-state index contributed by atoms with van der Waals surface area (Å²) in [6, 6.07) is 11.1. The van der Waals surface area contributed by atoms with Gasteiger partial charge in [0, 0.05) is 23.9 Å². The number of H-pyrrole nitrogens is 1. The first-order valence-corrected chi connectivity index (χ1v) is 11.2. The van der Waals surface area contributed by atoms with E-state index >= 15 is 0 Å². The van der Waals surface area contributed by atoms with Crippen LogP contribution < -0.4 is 0 Å². The lowest BCUT2D eigenvalue weighted by Crippen LogP contribution is -2.16. The third-order valence-corrected chi connectivity index (χ3v) is 5.79. The van der Waals surface area contributed by atoms with E-state index in [1.54, 1.807) is 45.5 Å². The summed E-state index contributed by atoms with van der Waals surface area (Å²) in [4.78, 5) is 45.9. The SMILES string of the molecule is CCOC(=O)c1[nH]c(C)c(C(=O)COC(=O)c2cc(-c3ccccc3)nc3c2c(C)nn3C)c1C. The molecule has 0 unspecified atom stereocenters. The molecule has 0 atom stereocenters. The van der Waals surface area contributed by atoms with Gasteiger partial charge in [-0.05, 0) is 39.3 Å². The maximum absolute atomic E-state index is 13.2. The van der Waals surface area contributed by atoms with Crippen molar-refractivity contribution in [3.63, 3.8) is 0 Å². The number of fused-ring (bicyclic) bond motifs is 1. The molecule has 4 rings (SSSR count). The van der Waals surface area contributed by atoms with Crippen LogP contribution in [0.3, 0.4) is 0 Å². The van der Waals surface area contributed by atoms with Crippen molar-refractivity contribution in [2.24, 2.45) is 7.05 Å². The van der Waals surface area contributed by atoms with E-state index in [4.69, 9.17) is 9.47 Å². The number of aryl methyl sites for hydroxylation is 3. The van der Waals surface area contributed by atoms with Crippen molar-refractivity contribution in [1.29, 1.82) is 0 Å². The summed E-state index contributed by atoms with van der Waals surface area (Å²) >= 11 is 0. The van der Waals surface area contributed by atoms with Crippen LogP contribution in [0.1, 0.15) is 55.1 Å². The molecular weight excluding hydrogens is 448 g/mol. The van der Waals surface area contributed by atoms with Gasteiger partial charge in [-0.1, -0.05) is 30.3 Å². The molecule has 0 aliphatic carbocycles. The van der Waals surface area contributed by atoms with Crippen molar-refractivity contribution in [3.8, 4) is 11.3 Å². The van der Waals surface area contributed by atoms with E-state index in [0.717, 1.165) is 5.56 Å². The maximum atomic E-state index is 13.2. The molecule has 0 fully saturated rings. The molecule has 180 valence electrons. The maximum Gasteiger partial charge on any atom is 0.355 e. The number of rotatable bonds is 7. The van der Waals surface area contributed by atoms with Crippen LogP contribution in [-0.2, 0) is 16.5 Å². The lowest BCUT2D eigenvalue weighted by Gasteiger charge is -2.09. The minimum absolute atomic E-state index is 0.216. The molecule has 1 N–H and O–H groups in total. The number of esters is 2. The quantitative estimate of drug-likeness (QED) is 0.317. The summed E-state index contributed by atoms with van der Waals surface area (Å²) < 4.78 is 12.1. The van der Waals surface area contributed by atoms with E-state index < -0.39 is 24.3 Å². The Labute approximate surface area is 202 Å². The van der Waals surface area contributed by atoms with Crippen molar-refractivity contribution in [2.75, 3.05) is 13.2 Å². The summed E-state index contributed by atoms with van der Waals surface area (Å²) in [7, 11) is 1.76. The van der Waals surface area contributed by atoms with Gasteiger partial charge in [-0.15, -0.1) is 0 Å². The van der Waals surface area contributed by atoms with Crippen LogP contribution in [0.2, 0.25) is 0 Å². The smallest absolute Gasteiger partial charge is 0.355 e. The van der Waals surface area contributed by atoms with Crippen LogP contribution in [0.15, 0.2) is 36.4 Å². The number of benzene rings is 1. The minimum Gasteiger partial charge on any atom is -0.461 e. The van der Waals surface area contributed by atoms with Crippen molar-refractivity contribution in [3.05, 3.63) is 70.2 Å². The molecule has 4 aromatic rings. The molecule has 0 aliphatic heterocycles. The molecular formula is C26H26N4O5. The second-order valence-corrected chi connectivity index (χ2v) is 8.17. The number of carbonyl (C=O) groups excluding carboxylic acids is 3. The second-order valence-electron chi connectivity index (χ2n) is 8.17. The highest BCUT2D eigenvalue weighted by Gasteiger charge is 2.25. The molecule has 9 nitrogen and oxygen atoms in total. The Kier molecular flexibility index (Phi) is 6.50. The Morgan fingerprint density at radius 3 is 2.43 bits per heavy atom. The summed E-state index contributed by atoms with van der Waals surface area (Å²) in [5.74, 6) is -1.61. The van der Waals surface area contributed by atoms with Crippen LogP contribution in [0.4, 0.5) is 0 Å². The number of aromatic nitrogens is 4. The van der Waals surface area contributed by atoms with Crippen LogP contribution in [0, 0.1) is 20.8 Å². The lowest BCUT2D eigenvalue weighted by molar-refractivity contribution is 0.0475. The summed E-state index contributed by atoms with van der Waals surface area (Å²) in [5.41, 5.74) is 4.37. The fourth-order valence-electron chi connectivity index (χ4n) is 4.22. The highest BCUT2D eigenvalue weighted by Crippen LogP contribution is 2.27. The molecule has 3 aromatic heterocycles. The number of pyridine rings is 1. The number of carbonyl (C=O) groups is 3. The zero-order valence-electron chi connectivity index (χ0n) is 20.3. The number of Topliss-reactive ketones (excluding diaryl/α,β-unsaturated/α-hetero) is 1. The number of hydrogen-bond donors (Lipinski definition) is 1. The van der Waals surface area contributed by atoms with Gasteiger partial charge in [0.1, 0.15) is 5.69 Å². The largest absolute Gasteiger partial charge is 0.461 e. The molecule has 0 saturated heterocycles. The van der Waals surface area contributed by atoms with Crippen LogP contribution in [0.25, 0.3) is 22.3 Å². The topological polar surface area (TPSA) is 116 Å². The molecule has 0 radical (unpaired) electrons. The Balaban J connectivity index is 1.64.